The van der Waals surface area contributed by atoms with Gasteiger partial charge in [0, 0.05) is 23.0 Å². The van der Waals surface area contributed by atoms with E-state index in [0.717, 1.165) is 17.2 Å². The third-order valence-electron chi connectivity index (χ3n) is 3.15. The Bertz CT molecular complexity index is 890. The van der Waals surface area contributed by atoms with Crippen LogP contribution in [0.15, 0.2) is 81.2 Å². The molecule has 0 aliphatic heterocycles. The molecule has 0 bridgehead atoms. The van der Waals surface area contributed by atoms with Crippen molar-refractivity contribution in [1.82, 2.24) is 0 Å². The molecule has 0 amide bonds. The van der Waals surface area contributed by atoms with E-state index < -0.39 is 15.8 Å². The van der Waals surface area contributed by atoms with E-state index in [-0.39, 0.29) is 4.90 Å². The molecule has 2 aromatic carbocycles. The van der Waals surface area contributed by atoms with E-state index in [0.29, 0.717) is 23.7 Å². The van der Waals surface area contributed by atoms with E-state index in [4.69, 9.17) is 4.74 Å². The van der Waals surface area contributed by atoms with E-state index in [2.05, 4.69) is 16.8 Å². The van der Waals surface area contributed by atoms with Gasteiger partial charge in [-0.2, -0.15) is 10.2 Å². The summed E-state index contributed by atoms with van der Waals surface area (Å²) in [5.74, 6) is 0.221. The first kappa shape index (κ1) is 19.9. The van der Waals surface area contributed by atoms with Gasteiger partial charge < -0.3 is 4.74 Å². The zero-order chi connectivity index (χ0) is 19.0. The smallest absolute Gasteiger partial charge is 0.330 e. The second kappa shape index (κ2) is 9.30. The average Bonchev–Trinajstić information content (AvgIpc) is 2.64. The Labute approximate surface area is 156 Å². The first-order valence-corrected chi connectivity index (χ1v) is 10.5. The Morgan fingerprint density at radius 3 is 2.12 bits per heavy atom. The van der Waals surface area contributed by atoms with E-state index in [9.17, 15) is 13.2 Å². The topological polar surface area (TPSA) is 85.2 Å². The highest BCUT2D eigenvalue weighted by molar-refractivity contribution is 7.99. The third kappa shape index (κ3) is 6.45. The number of esters is 1. The lowest BCUT2D eigenvalue weighted by atomic mass is 10.3. The highest BCUT2D eigenvalue weighted by Crippen LogP contribution is 2.24. The Morgan fingerprint density at radius 1 is 1.08 bits per heavy atom. The predicted octanol–water partition coefficient (Wildman–Crippen LogP) is 4.33. The van der Waals surface area contributed by atoms with Crippen LogP contribution in [0.3, 0.4) is 0 Å². The zero-order valence-corrected chi connectivity index (χ0v) is 15.8. The van der Waals surface area contributed by atoms with Gasteiger partial charge in [-0.25, -0.2) is 13.2 Å². The van der Waals surface area contributed by atoms with Crippen LogP contribution in [0, 0.1) is 0 Å². The number of hydrogen-bond donors (Lipinski definition) is 0. The standard InChI is InChI=1S/C18H18N2O4S2/c1-3-18(21)24-12-13-25-16-8-4-14(5-9-16)19-20-15-6-10-17(11-7-15)26(2,22)23/h3-11H,1,12-13H2,2H3. The summed E-state index contributed by atoms with van der Waals surface area (Å²) in [4.78, 5) is 12.2. The summed E-state index contributed by atoms with van der Waals surface area (Å²) in [6.45, 7) is 3.65. The Kier molecular flexibility index (Phi) is 7.11. The van der Waals surface area contributed by atoms with Crippen molar-refractivity contribution in [2.75, 3.05) is 18.6 Å². The van der Waals surface area contributed by atoms with E-state index in [1.165, 1.54) is 12.1 Å². The number of nitrogens with zero attached hydrogens (tertiary/aromatic N) is 2. The molecule has 0 unspecified atom stereocenters. The summed E-state index contributed by atoms with van der Waals surface area (Å²) in [7, 11) is -3.21. The fourth-order valence-electron chi connectivity index (χ4n) is 1.85. The predicted molar refractivity (Wildman–Crippen MR) is 102 cm³/mol. The number of thioether (sulfide) groups is 1. The molecule has 2 rings (SSSR count). The van der Waals surface area contributed by atoms with Crippen LogP contribution in [0.5, 0.6) is 0 Å². The molecule has 0 N–H and O–H groups in total. The molecule has 8 heteroatoms. The molecular weight excluding hydrogens is 372 g/mol. The van der Waals surface area contributed by atoms with Gasteiger partial charge in [0.15, 0.2) is 9.84 Å². The normalized spacial score (nSPS) is 11.4. The van der Waals surface area contributed by atoms with Crippen LogP contribution < -0.4 is 0 Å². The summed E-state index contributed by atoms with van der Waals surface area (Å²) >= 11 is 1.56. The second-order valence-corrected chi connectivity index (χ2v) is 8.36. The number of azo groups is 1. The summed E-state index contributed by atoms with van der Waals surface area (Å²) in [6, 6.07) is 13.7. The lowest BCUT2D eigenvalue weighted by Crippen LogP contribution is -2.03. The third-order valence-corrected chi connectivity index (χ3v) is 5.25. The van der Waals surface area contributed by atoms with Gasteiger partial charge in [0.2, 0.25) is 0 Å². The molecule has 0 spiro atoms. The molecule has 0 atom stereocenters. The zero-order valence-electron chi connectivity index (χ0n) is 14.2. The number of sulfone groups is 1. The molecule has 0 radical (unpaired) electrons. The summed E-state index contributed by atoms with van der Waals surface area (Å²) in [5.41, 5.74) is 1.25. The maximum atomic E-state index is 11.4. The van der Waals surface area contributed by atoms with E-state index >= 15 is 0 Å². The Hall–Kier alpha value is -2.45. The van der Waals surface area contributed by atoms with Gasteiger partial charge in [0.25, 0.3) is 0 Å². The molecule has 0 fully saturated rings. The number of benzene rings is 2. The quantitative estimate of drug-likeness (QED) is 0.220. The van der Waals surface area contributed by atoms with Crippen molar-refractivity contribution < 1.29 is 17.9 Å². The van der Waals surface area contributed by atoms with Gasteiger partial charge >= 0.3 is 5.97 Å². The van der Waals surface area contributed by atoms with Crippen molar-refractivity contribution in [1.29, 1.82) is 0 Å². The molecule has 0 saturated heterocycles. The van der Waals surface area contributed by atoms with Crippen molar-refractivity contribution in [2.45, 2.75) is 9.79 Å². The van der Waals surface area contributed by atoms with Crippen LogP contribution in [0.25, 0.3) is 0 Å². The van der Waals surface area contributed by atoms with Crippen LogP contribution in [-0.4, -0.2) is 33.0 Å². The molecule has 0 aliphatic carbocycles. The first-order valence-electron chi connectivity index (χ1n) is 7.62. The lowest BCUT2D eigenvalue weighted by molar-refractivity contribution is -0.137. The number of ether oxygens (including phenoxy) is 1. The summed E-state index contributed by atoms with van der Waals surface area (Å²) < 4.78 is 27.7. The molecule has 2 aromatic rings. The minimum Gasteiger partial charge on any atom is -0.462 e. The fourth-order valence-corrected chi connectivity index (χ4v) is 3.21. The number of carbonyl (C=O) groups is 1. The molecule has 0 aromatic heterocycles. The summed E-state index contributed by atoms with van der Waals surface area (Å²) in [6.07, 6.45) is 2.30. The van der Waals surface area contributed by atoms with Gasteiger partial charge in [-0.05, 0) is 48.5 Å². The van der Waals surface area contributed by atoms with Crippen molar-refractivity contribution in [3.63, 3.8) is 0 Å². The number of rotatable bonds is 8. The molecule has 26 heavy (non-hydrogen) atoms. The van der Waals surface area contributed by atoms with Gasteiger partial charge in [0.05, 0.1) is 16.3 Å². The van der Waals surface area contributed by atoms with Crippen molar-refractivity contribution in [3.8, 4) is 0 Å². The molecule has 0 heterocycles. The van der Waals surface area contributed by atoms with Crippen LogP contribution in [0.4, 0.5) is 11.4 Å². The molecule has 0 saturated carbocycles. The van der Waals surface area contributed by atoms with Crippen LogP contribution >= 0.6 is 11.8 Å². The van der Waals surface area contributed by atoms with E-state index in [1.807, 2.05) is 24.3 Å². The Morgan fingerprint density at radius 2 is 1.62 bits per heavy atom. The Balaban J connectivity index is 1.89. The molecule has 6 nitrogen and oxygen atoms in total. The maximum absolute atomic E-state index is 11.4. The number of hydrogen-bond acceptors (Lipinski definition) is 7. The van der Waals surface area contributed by atoms with Crippen LogP contribution in [-0.2, 0) is 19.4 Å². The molecular formula is C18H18N2O4S2. The number of carbonyl (C=O) groups excluding carboxylic acids is 1. The van der Waals surface area contributed by atoms with Gasteiger partial charge in [-0.1, -0.05) is 6.58 Å². The van der Waals surface area contributed by atoms with Gasteiger partial charge in [0.1, 0.15) is 6.61 Å². The lowest BCUT2D eigenvalue weighted by Gasteiger charge is -2.02. The minimum absolute atomic E-state index is 0.247. The van der Waals surface area contributed by atoms with Crippen LogP contribution in [0.2, 0.25) is 0 Å². The maximum Gasteiger partial charge on any atom is 0.330 e. The highest BCUT2D eigenvalue weighted by Gasteiger charge is 2.05. The fraction of sp³-hybridized carbons (Fsp3) is 0.167. The molecule has 0 aliphatic rings. The van der Waals surface area contributed by atoms with Crippen molar-refractivity contribution in [2.24, 2.45) is 10.2 Å². The summed E-state index contributed by atoms with van der Waals surface area (Å²) in [5, 5.41) is 8.22. The van der Waals surface area contributed by atoms with Crippen LogP contribution in [0.1, 0.15) is 0 Å². The van der Waals surface area contributed by atoms with Crippen molar-refractivity contribution in [3.05, 3.63) is 61.2 Å². The van der Waals surface area contributed by atoms with Gasteiger partial charge in [-0.15, -0.1) is 11.8 Å². The second-order valence-electron chi connectivity index (χ2n) is 5.18. The monoisotopic (exact) mass is 390 g/mol. The van der Waals surface area contributed by atoms with E-state index in [1.54, 1.807) is 23.9 Å². The minimum atomic E-state index is -3.21. The van der Waals surface area contributed by atoms with Crippen molar-refractivity contribution >= 4 is 38.9 Å². The van der Waals surface area contributed by atoms with Gasteiger partial charge in [-0.3, -0.25) is 0 Å². The first-order chi connectivity index (χ1) is 12.4. The SMILES string of the molecule is C=CC(=O)OCCSc1ccc(N=Nc2ccc(S(C)(=O)=O)cc2)cc1. The molecule has 136 valence electrons. The average molecular weight is 390 g/mol. The highest BCUT2D eigenvalue weighted by atomic mass is 32.2. The largest absolute Gasteiger partial charge is 0.462 e.